The predicted octanol–water partition coefficient (Wildman–Crippen LogP) is 4.20. The van der Waals surface area contributed by atoms with E-state index in [1.807, 2.05) is 35.0 Å². The molecule has 2 aromatic carbocycles. The largest absolute Gasteiger partial charge is 0.343 e. The summed E-state index contributed by atoms with van der Waals surface area (Å²) in [4.78, 5) is 25.6. The first-order chi connectivity index (χ1) is 12.1. The van der Waals surface area contributed by atoms with Crippen LogP contribution in [0.4, 0.5) is 9.18 Å². The van der Waals surface area contributed by atoms with Gasteiger partial charge in [0.2, 0.25) is 5.12 Å². The maximum atomic E-state index is 14.0. The predicted molar refractivity (Wildman–Crippen MR) is 95.9 cm³/mol. The number of hydrogen-bond donors (Lipinski definition) is 0. The Morgan fingerprint density at radius 2 is 1.80 bits per heavy atom. The molecule has 3 aromatic rings. The molecule has 1 unspecified atom stereocenters. The molecule has 0 radical (unpaired) electrons. The molecule has 1 amide bonds. The average molecular weight is 354 g/mol. The van der Waals surface area contributed by atoms with Gasteiger partial charge < -0.3 is 9.47 Å². The number of rotatable bonds is 3. The molecule has 0 N–H and O–H groups in total. The van der Waals surface area contributed by atoms with Crippen LogP contribution in [0.1, 0.15) is 17.2 Å². The molecule has 0 bridgehead atoms. The number of nitrogens with zero attached hydrogens (tertiary/aromatic N) is 2. The number of para-hydroxylation sites is 1. The first kappa shape index (κ1) is 15.9. The average Bonchev–Trinajstić information content (AvgIpc) is 3.07. The molecule has 1 aliphatic heterocycles. The highest BCUT2D eigenvalue weighted by Gasteiger charge is 2.39. The Balaban J connectivity index is 1.84. The van der Waals surface area contributed by atoms with E-state index in [-0.39, 0.29) is 16.2 Å². The molecule has 0 aliphatic carbocycles. The Labute approximate surface area is 148 Å². The number of carbonyl (C=O) groups is 2. The van der Waals surface area contributed by atoms with Crippen LogP contribution in [0.15, 0.2) is 54.7 Å². The Hall–Kier alpha value is -2.60. The van der Waals surface area contributed by atoms with Crippen LogP contribution >= 0.6 is 11.8 Å². The fraction of sp³-hybridized carbons (Fsp3) is 0.158. The van der Waals surface area contributed by atoms with E-state index in [1.54, 1.807) is 25.2 Å². The van der Waals surface area contributed by atoms with Gasteiger partial charge in [-0.25, -0.2) is 4.39 Å². The maximum absolute atomic E-state index is 14.0. The molecule has 2 heterocycles. The number of halogens is 1. The van der Waals surface area contributed by atoms with Gasteiger partial charge in [0.25, 0.3) is 5.24 Å². The molecule has 126 valence electrons. The van der Waals surface area contributed by atoms with E-state index in [4.69, 9.17) is 0 Å². The van der Waals surface area contributed by atoms with E-state index in [0.717, 1.165) is 28.2 Å². The van der Waals surface area contributed by atoms with Crippen LogP contribution < -0.4 is 0 Å². The standard InChI is InChI=1S/C19H15FN2O2S/c1-21-17(18(23)25-19(21)24)14-11-22(16-9-5-3-7-13(14)16)10-12-6-2-4-8-15(12)20/h2-9,11,17H,10H2,1H3. The molecular formula is C19H15FN2O2S. The molecule has 4 nitrogen and oxygen atoms in total. The van der Waals surface area contributed by atoms with Crippen LogP contribution in [0.25, 0.3) is 10.9 Å². The van der Waals surface area contributed by atoms with Crippen molar-refractivity contribution in [2.75, 3.05) is 7.05 Å². The summed E-state index contributed by atoms with van der Waals surface area (Å²) in [6, 6.07) is 13.7. The SMILES string of the molecule is CN1C(=O)SC(=O)C1c1cn(Cc2ccccc2F)c2ccccc12. The zero-order valence-electron chi connectivity index (χ0n) is 13.5. The van der Waals surface area contributed by atoms with Crippen molar-refractivity contribution in [3.05, 3.63) is 71.7 Å². The lowest BCUT2D eigenvalue weighted by atomic mass is 10.1. The fourth-order valence-corrected chi connectivity index (χ4v) is 4.07. The van der Waals surface area contributed by atoms with Crippen LogP contribution in [0.2, 0.25) is 0 Å². The summed E-state index contributed by atoms with van der Waals surface area (Å²) < 4.78 is 16.0. The number of carbonyl (C=O) groups excluding carboxylic acids is 2. The van der Waals surface area contributed by atoms with Crippen LogP contribution in [-0.4, -0.2) is 26.9 Å². The highest BCUT2D eigenvalue weighted by molar-refractivity contribution is 8.26. The van der Waals surface area contributed by atoms with Crippen LogP contribution in [0.5, 0.6) is 0 Å². The Kier molecular flexibility index (Phi) is 3.84. The molecule has 25 heavy (non-hydrogen) atoms. The number of likely N-dealkylation sites (N-methyl/N-ethyl adjacent to an activating group) is 1. The van der Waals surface area contributed by atoms with E-state index in [2.05, 4.69) is 0 Å². The zero-order chi connectivity index (χ0) is 17.6. The van der Waals surface area contributed by atoms with Crippen molar-refractivity contribution < 1.29 is 14.0 Å². The third-order valence-electron chi connectivity index (χ3n) is 4.50. The van der Waals surface area contributed by atoms with Crippen molar-refractivity contribution in [1.29, 1.82) is 0 Å². The van der Waals surface area contributed by atoms with Crippen molar-refractivity contribution in [3.63, 3.8) is 0 Å². The van der Waals surface area contributed by atoms with Crippen molar-refractivity contribution >= 4 is 33.0 Å². The molecule has 1 fully saturated rings. The topological polar surface area (TPSA) is 42.3 Å². The lowest BCUT2D eigenvalue weighted by Crippen LogP contribution is -2.23. The van der Waals surface area contributed by atoms with Gasteiger partial charge in [0, 0.05) is 47.0 Å². The number of hydrogen-bond acceptors (Lipinski definition) is 3. The third-order valence-corrected chi connectivity index (χ3v) is 5.39. The van der Waals surface area contributed by atoms with E-state index in [1.165, 1.54) is 11.0 Å². The highest BCUT2D eigenvalue weighted by atomic mass is 32.2. The summed E-state index contributed by atoms with van der Waals surface area (Å²) in [5.41, 5.74) is 2.26. The maximum Gasteiger partial charge on any atom is 0.289 e. The second-order valence-electron chi connectivity index (χ2n) is 6.02. The smallest absolute Gasteiger partial charge is 0.289 e. The van der Waals surface area contributed by atoms with E-state index in [9.17, 15) is 14.0 Å². The first-order valence-corrected chi connectivity index (χ1v) is 8.67. The fourth-order valence-electron chi connectivity index (χ4n) is 3.25. The quantitative estimate of drug-likeness (QED) is 0.708. The van der Waals surface area contributed by atoms with Crippen molar-refractivity contribution in [2.45, 2.75) is 12.6 Å². The second kappa shape index (κ2) is 6.04. The summed E-state index contributed by atoms with van der Waals surface area (Å²) in [7, 11) is 1.63. The van der Waals surface area contributed by atoms with E-state index >= 15 is 0 Å². The van der Waals surface area contributed by atoms with Gasteiger partial charge in [0.15, 0.2) is 0 Å². The molecule has 0 saturated carbocycles. The monoisotopic (exact) mass is 354 g/mol. The Morgan fingerprint density at radius 3 is 2.52 bits per heavy atom. The molecular weight excluding hydrogens is 339 g/mol. The van der Waals surface area contributed by atoms with Crippen LogP contribution in [-0.2, 0) is 11.3 Å². The van der Waals surface area contributed by atoms with Gasteiger partial charge in [0.1, 0.15) is 11.9 Å². The minimum absolute atomic E-state index is 0.179. The summed E-state index contributed by atoms with van der Waals surface area (Å²) in [6.07, 6.45) is 1.86. The van der Waals surface area contributed by atoms with Crippen LogP contribution in [0, 0.1) is 5.82 Å². The minimum atomic E-state index is -0.607. The summed E-state index contributed by atoms with van der Waals surface area (Å²) in [5.74, 6) is -0.262. The Bertz CT molecular complexity index is 998. The number of fused-ring (bicyclic) bond motifs is 1. The molecule has 4 rings (SSSR count). The van der Waals surface area contributed by atoms with Crippen LogP contribution in [0.3, 0.4) is 0 Å². The molecule has 6 heteroatoms. The third kappa shape index (κ3) is 2.62. The van der Waals surface area contributed by atoms with Gasteiger partial charge in [-0.2, -0.15) is 0 Å². The molecule has 0 spiro atoms. The van der Waals surface area contributed by atoms with Gasteiger partial charge in [-0.05, 0) is 12.1 Å². The highest BCUT2D eigenvalue weighted by Crippen LogP contribution is 2.39. The second-order valence-corrected chi connectivity index (χ2v) is 6.98. The van der Waals surface area contributed by atoms with E-state index in [0.29, 0.717) is 12.1 Å². The number of aromatic nitrogens is 1. The summed E-state index contributed by atoms with van der Waals surface area (Å²) in [5, 5.41) is 0.474. The zero-order valence-corrected chi connectivity index (χ0v) is 14.3. The number of benzene rings is 2. The van der Waals surface area contributed by atoms with Gasteiger partial charge in [-0.15, -0.1) is 0 Å². The molecule has 1 aliphatic rings. The summed E-state index contributed by atoms with van der Waals surface area (Å²) in [6.45, 7) is 0.360. The van der Waals surface area contributed by atoms with Crippen molar-refractivity contribution in [1.82, 2.24) is 9.47 Å². The van der Waals surface area contributed by atoms with Crippen molar-refractivity contribution in [2.24, 2.45) is 0 Å². The first-order valence-electron chi connectivity index (χ1n) is 7.86. The lowest BCUT2D eigenvalue weighted by Gasteiger charge is -2.16. The normalized spacial score (nSPS) is 17.7. The Morgan fingerprint density at radius 1 is 1.08 bits per heavy atom. The van der Waals surface area contributed by atoms with Gasteiger partial charge >= 0.3 is 0 Å². The van der Waals surface area contributed by atoms with Gasteiger partial charge in [0.05, 0.1) is 6.54 Å². The lowest BCUT2D eigenvalue weighted by molar-refractivity contribution is -0.113. The molecule has 1 saturated heterocycles. The summed E-state index contributed by atoms with van der Waals surface area (Å²) >= 11 is 0.735. The van der Waals surface area contributed by atoms with Gasteiger partial charge in [-0.1, -0.05) is 36.4 Å². The van der Waals surface area contributed by atoms with Gasteiger partial charge in [-0.3, -0.25) is 9.59 Å². The number of thioether (sulfide) groups is 1. The van der Waals surface area contributed by atoms with Crippen molar-refractivity contribution in [3.8, 4) is 0 Å². The molecule has 1 atom stereocenters. The minimum Gasteiger partial charge on any atom is -0.343 e. The van der Waals surface area contributed by atoms with E-state index < -0.39 is 6.04 Å². The molecule has 1 aromatic heterocycles. The number of amides is 1.